The highest BCUT2D eigenvalue weighted by Gasteiger charge is 2.27. The number of sulfonamides is 1. The van der Waals surface area contributed by atoms with Crippen LogP contribution in [0.1, 0.15) is 21.5 Å². The summed E-state index contributed by atoms with van der Waals surface area (Å²) >= 11 is 0. The van der Waals surface area contributed by atoms with E-state index in [1.165, 1.54) is 10.4 Å². The average molecular weight is 389 g/mol. The SMILES string of the molecule is Cc1ccc(S(=O)(=O)N2CCOCC2)cc1C(=O)NCCc1cccnc1. The number of nitrogens with zero attached hydrogens (tertiary/aromatic N) is 2. The third-order valence-corrected chi connectivity index (χ3v) is 6.38. The van der Waals surface area contributed by atoms with Crippen LogP contribution in [-0.2, 0) is 21.2 Å². The van der Waals surface area contributed by atoms with Crippen LogP contribution in [0.5, 0.6) is 0 Å². The summed E-state index contributed by atoms with van der Waals surface area (Å²) in [6.45, 7) is 3.65. The van der Waals surface area contributed by atoms with Gasteiger partial charge in [0.1, 0.15) is 0 Å². The molecule has 1 N–H and O–H groups in total. The van der Waals surface area contributed by atoms with Gasteiger partial charge >= 0.3 is 0 Å². The maximum absolute atomic E-state index is 12.8. The Morgan fingerprint density at radius 2 is 2.04 bits per heavy atom. The largest absolute Gasteiger partial charge is 0.379 e. The molecule has 3 rings (SSSR count). The average Bonchev–Trinajstić information content (AvgIpc) is 2.69. The van der Waals surface area contributed by atoms with Crippen molar-refractivity contribution in [2.45, 2.75) is 18.2 Å². The molecule has 27 heavy (non-hydrogen) atoms. The van der Waals surface area contributed by atoms with Crippen LogP contribution in [0.3, 0.4) is 0 Å². The van der Waals surface area contributed by atoms with Gasteiger partial charge in [0, 0.05) is 37.6 Å². The minimum absolute atomic E-state index is 0.132. The van der Waals surface area contributed by atoms with E-state index in [9.17, 15) is 13.2 Å². The Morgan fingerprint density at radius 3 is 2.74 bits per heavy atom. The lowest BCUT2D eigenvalue weighted by Gasteiger charge is -2.26. The zero-order valence-electron chi connectivity index (χ0n) is 15.2. The van der Waals surface area contributed by atoms with Crippen LogP contribution in [0.25, 0.3) is 0 Å². The molecule has 1 amide bonds. The van der Waals surface area contributed by atoms with Crippen LogP contribution in [0.2, 0.25) is 0 Å². The number of carbonyl (C=O) groups is 1. The summed E-state index contributed by atoms with van der Waals surface area (Å²) < 4.78 is 32.2. The van der Waals surface area contributed by atoms with E-state index in [1.807, 2.05) is 12.1 Å². The van der Waals surface area contributed by atoms with E-state index in [0.29, 0.717) is 44.8 Å². The summed E-state index contributed by atoms with van der Waals surface area (Å²) in [6, 6.07) is 8.47. The number of hydrogen-bond acceptors (Lipinski definition) is 5. The summed E-state index contributed by atoms with van der Waals surface area (Å²) in [6.07, 6.45) is 4.11. The fraction of sp³-hybridized carbons (Fsp3) is 0.368. The Bertz CT molecular complexity index is 894. The van der Waals surface area contributed by atoms with E-state index < -0.39 is 10.0 Å². The van der Waals surface area contributed by atoms with Gasteiger partial charge in [-0.1, -0.05) is 12.1 Å². The minimum Gasteiger partial charge on any atom is -0.379 e. The van der Waals surface area contributed by atoms with Crippen molar-refractivity contribution in [3.63, 3.8) is 0 Å². The van der Waals surface area contributed by atoms with Crippen LogP contribution in [0, 0.1) is 6.92 Å². The molecule has 0 unspecified atom stereocenters. The van der Waals surface area contributed by atoms with E-state index in [0.717, 1.165) is 11.1 Å². The maximum atomic E-state index is 12.8. The minimum atomic E-state index is -3.63. The molecular weight excluding hydrogens is 366 g/mol. The van der Waals surface area contributed by atoms with E-state index in [4.69, 9.17) is 4.74 Å². The standard InChI is InChI=1S/C19H23N3O4S/c1-15-4-5-17(27(24,25)22-9-11-26-12-10-22)13-18(15)19(23)21-8-6-16-3-2-7-20-14-16/h2-5,7,13-14H,6,8-12H2,1H3,(H,21,23). The number of hydrogen-bond donors (Lipinski definition) is 1. The Morgan fingerprint density at radius 1 is 1.26 bits per heavy atom. The molecule has 7 nitrogen and oxygen atoms in total. The predicted molar refractivity (Wildman–Crippen MR) is 101 cm³/mol. The van der Waals surface area contributed by atoms with Crippen molar-refractivity contribution in [2.75, 3.05) is 32.8 Å². The fourth-order valence-corrected chi connectivity index (χ4v) is 4.34. The van der Waals surface area contributed by atoms with Crippen molar-refractivity contribution >= 4 is 15.9 Å². The molecule has 0 atom stereocenters. The summed E-state index contributed by atoms with van der Waals surface area (Å²) in [5.41, 5.74) is 2.13. The molecule has 1 fully saturated rings. The first-order chi connectivity index (χ1) is 13.0. The highest BCUT2D eigenvalue weighted by Crippen LogP contribution is 2.20. The molecule has 1 aliphatic rings. The van der Waals surface area contributed by atoms with Gasteiger partial charge in [0.05, 0.1) is 18.1 Å². The highest BCUT2D eigenvalue weighted by molar-refractivity contribution is 7.89. The second-order valence-corrected chi connectivity index (χ2v) is 8.30. The summed E-state index contributed by atoms with van der Waals surface area (Å²) in [7, 11) is -3.63. The molecule has 1 aliphatic heterocycles. The molecule has 8 heteroatoms. The lowest BCUT2D eigenvalue weighted by Crippen LogP contribution is -2.40. The monoisotopic (exact) mass is 389 g/mol. The smallest absolute Gasteiger partial charge is 0.251 e. The molecule has 2 aromatic rings. The molecule has 1 saturated heterocycles. The van der Waals surface area contributed by atoms with E-state index in [2.05, 4.69) is 10.3 Å². The Kier molecular flexibility index (Phi) is 6.20. The molecular formula is C19H23N3O4S. The third-order valence-electron chi connectivity index (χ3n) is 4.48. The number of morpholine rings is 1. The number of rotatable bonds is 6. The molecule has 1 aromatic heterocycles. The molecule has 144 valence electrons. The van der Waals surface area contributed by atoms with Crippen molar-refractivity contribution in [3.8, 4) is 0 Å². The number of amides is 1. The number of aromatic nitrogens is 1. The molecule has 2 heterocycles. The van der Waals surface area contributed by atoms with Gasteiger partial charge in [-0.25, -0.2) is 8.42 Å². The van der Waals surface area contributed by atoms with E-state index in [-0.39, 0.29) is 10.8 Å². The molecule has 0 saturated carbocycles. The van der Waals surface area contributed by atoms with Crippen LogP contribution < -0.4 is 5.32 Å². The van der Waals surface area contributed by atoms with Crippen molar-refractivity contribution in [2.24, 2.45) is 0 Å². The van der Waals surface area contributed by atoms with Crippen LogP contribution >= 0.6 is 0 Å². The Balaban J connectivity index is 1.71. The van der Waals surface area contributed by atoms with Crippen LogP contribution in [0.15, 0.2) is 47.6 Å². The normalized spacial score (nSPS) is 15.4. The molecule has 0 radical (unpaired) electrons. The first kappa shape index (κ1) is 19.5. The molecule has 0 aliphatic carbocycles. The van der Waals surface area contributed by atoms with Crippen LogP contribution in [0.4, 0.5) is 0 Å². The summed E-state index contributed by atoms with van der Waals surface area (Å²) in [5.74, 6) is -0.282. The number of pyridine rings is 1. The fourth-order valence-electron chi connectivity index (χ4n) is 2.90. The third kappa shape index (κ3) is 4.71. The van der Waals surface area contributed by atoms with Crippen molar-refractivity contribution < 1.29 is 17.9 Å². The van der Waals surface area contributed by atoms with Gasteiger partial charge in [-0.05, 0) is 42.7 Å². The second kappa shape index (κ2) is 8.60. The van der Waals surface area contributed by atoms with Gasteiger partial charge in [-0.3, -0.25) is 9.78 Å². The predicted octanol–water partition coefficient (Wildman–Crippen LogP) is 1.38. The highest BCUT2D eigenvalue weighted by atomic mass is 32.2. The topological polar surface area (TPSA) is 88.6 Å². The number of aryl methyl sites for hydroxylation is 1. The summed E-state index contributed by atoms with van der Waals surface area (Å²) in [4.78, 5) is 16.7. The lowest BCUT2D eigenvalue weighted by atomic mass is 10.1. The van der Waals surface area contributed by atoms with Gasteiger partial charge in [0.15, 0.2) is 0 Å². The number of benzene rings is 1. The second-order valence-electron chi connectivity index (χ2n) is 6.36. The summed E-state index contributed by atoms with van der Waals surface area (Å²) in [5, 5.41) is 2.85. The van der Waals surface area contributed by atoms with Gasteiger partial charge in [0.2, 0.25) is 10.0 Å². The number of nitrogens with one attached hydrogen (secondary N) is 1. The Labute approximate surface area is 159 Å². The molecule has 0 spiro atoms. The number of ether oxygens (including phenoxy) is 1. The zero-order valence-corrected chi connectivity index (χ0v) is 16.0. The number of carbonyl (C=O) groups excluding carboxylic acids is 1. The van der Waals surface area contributed by atoms with Crippen molar-refractivity contribution in [1.82, 2.24) is 14.6 Å². The van der Waals surface area contributed by atoms with Gasteiger partial charge in [-0.2, -0.15) is 4.31 Å². The van der Waals surface area contributed by atoms with Crippen molar-refractivity contribution in [3.05, 3.63) is 59.4 Å². The van der Waals surface area contributed by atoms with Gasteiger partial charge < -0.3 is 10.1 Å². The quantitative estimate of drug-likeness (QED) is 0.806. The zero-order chi connectivity index (χ0) is 19.3. The van der Waals surface area contributed by atoms with Gasteiger partial charge in [-0.15, -0.1) is 0 Å². The van der Waals surface area contributed by atoms with E-state index >= 15 is 0 Å². The maximum Gasteiger partial charge on any atom is 0.251 e. The first-order valence-corrected chi connectivity index (χ1v) is 10.3. The Hall–Kier alpha value is -2.29. The van der Waals surface area contributed by atoms with Gasteiger partial charge in [0.25, 0.3) is 5.91 Å². The van der Waals surface area contributed by atoms with E-state index in [1.54, 1.807) is 31.5 Å². The first-order valence-electron chi connectivity index (χ1n) is 8.84. The molecule has 1 aromatic carbocycles. The molecule has 0 bridgehead atoms. The van der Waals surface area contributed by atoms with Crippen molar-refractivity contribution in [1.29, 1.82) is 0 Å². The lowest BCUT2D eigenvalue weighted by molar-refractivity contribution is 0.0730. The van der Waals surface area contributed by atoms with Crippen LogP contribution in [-0.4, -0.2) is 56.5 Å².